The summed E-state index contributed by atoms with van der Waals surface area (Å²) in [7, 11) is -2.91. The minimum Gasteiger partial charge on any atom is -0.412 e. The molecule has 7 aliphatic rings. The monoisotopic (exact) mass is 364 g/mol. The van der Waals surface area contributed by atoms with Crippen LogP contribution in [0, 0.1) is 35.5 Å². The first-order valence-electron chi connectivity index (χ1n) is 10.4. The Labute approximate surface area is 150 Å². The quantitative estimate of drug-likeness (QED) is 0.632. The van der Waals surface area contributed by atoms with E-state index < -0.39 is 16.6 Å². The molecule has 0 amide bonds. The van der Waals surface area contributed by atoms with Crippen LogP contribution in [-0.4, -0.2) is 27.8 Å². The van der Waals surface area contributed by atoms with Gasteiger partial charge in [0.1, 0.15) is 0 Å². The molecule has 0 spiro atoms. The van der Waals surface area contributed by atoms with Crippen LogP contribution in [0.4, 0.5) is 0 Å². The van der Waals surface area contributed by atoms with E-state index in [1.165, 1.54) is 38.5 Å². The van der Waals surface area contributed by atoms with E-state index in [-0.39, 0.29) is 11.2 Å². The third-order valence-electron chi connectivity index (χ3n) is 7.99. The molecule has 0 N–H and O–H groups in total. The van der Waals surface area contributed by atoms with Crippen molar-refractivity contribution in [3.05, 3.63) is 0 Å². The van der Waals surface area contributed by atoms with Gasteiger partial charge in [-0.1, -0.05) is 0 Å². The van der Waals surface area contributed by atoms with Crippen molar-refractivity contribution in [3.8, 4) is 0 Å². The molecular weight excluding hydrogens is 328 g/mol. The number of rotatable bonds is 4. The van der Waals surface area contributed by atoms with E-state index in [9.17, 15) is 0 Å². The fraction of sp³-hybridized carbons (Fsp3) is 1.00. The van der Waals surface area contributed by atoms with Crippen LogP contribution in [0.3, 0.4) is 0 Å². The van der Waals surface area contributed by atoms with Crippen LogP contribution >= 0.6 is 0 Å². The molecule has 0 saturated heterocycles. The third kappa shape index (κ3) is 2.32. The molecule has 7 fully saturated rings. The Morgan fingerprint density at radius 3 is 0.875 bits per heavy atom. The Morgan fingerprint density at radius 1 is 0.500 bits per heavy atom. The zero-order chi connectivity index (χ0) is 17.1. The molecular formula is C20H36O2Si2. The van der Waals surface area contributed by atoms with Crippen LogP contribution in [0.1, 0.15) is 38.5 Å². The van der Waals surface area contributed by atoms with Gasteiger partial charge in [-0.05, 0) is 113 Å². The van der Waals surface area contributed by atoms with Gasteiger partial charge in [0, 0.05) is 0 Å². The van der Waals surface area contributed by atoms with E-state index in [1.807, 2.05) is 0 Å². The molecule has 7 saturated carbocycles. The van der Waals surface area contributed by atoms with Crippen LogP contribution < -0.4 is 0 Å². The summed E-state index contributed by atoms with van der Waals surface area (Å²) in [6.07, 6.45) is 8.31. The van der Waals surface area contributed by atoms with Gasteiger partial charge in [-0.3, -0.25) is 0 Å². The van der Waals surface area contributed by atoms with Crippen molar-refractivity contribution >= 4 is 16.6 Å². The highest BCUT2D eigenvalue weighted by Gasteiger charge is 2.71. The molecule has 0 unspecified atom stereocenters. The molecule has 7 aliphatic carbocycles. The van der Waals surface area contributed by atoms with Gasteiger partial charge in [-0.15, -0.1) is 0 Å². The van der Waals surface area contributed by atoms with Gasteiger partial charge in [0.15, 0.2) is 16.6 Å². The van der Waals surface area contributed by atoms with Crippen molar-refractivity contribution < 1.29 is 8.85 Å². The smallest absolute Gasteiger partial charge is 0.184 e. The lowest BCUT2D eigenvalue weighted by Crippen LogP contribution is -2.73. The Balaban J connectivity index is 1.45. The van der Waals surface area contributed by atoms with Gasteiger partial charge in [0.2, 0.25) is 0 Å². The summed E-state index contributed by atoms with van der Waals surface area (Å²) in [5.74, 6) is 5.80. The maximum Gasteiger partial charge on any atom is 0.184 e. The van der Waals surface area contributed by atoms with E-state index in [0.717, 1.165) is 35.5 Å². The molecule has 0 atom stereocenters. The van der Waals surface area contributed by atoms with E-state index in [0.29, 0.717) is 0 Å². The van der Waals surface area contributed by atoms with E-state index >= 15 is 0 Å². The fourth-order valence-corrected chi connectivity index (χ4v) is 11.4. The van der Waals surface area contributed by atoms with Gasteiger partial charge < -0.3 is 8.85 Å². The summed E-state index contributed by atoms with van der Waals surface area (Å²) in [5.41, 5.74) is 0.565. The van der Waals surface area contributed by atoms with Crippen LogP contribution in [0.25, 0.3) is 0 Å². The number of hydrogen-bond donors (Lipinski definition) is 0. The molecule has 136 valence electrons. The van der Waals surface area contributed by atoms with Gasteiger partial charge in [0.05, 0.1) is 11.2 Å². The molecule has 0 aromatic heterocycles. The maximum absolute atomic E-state index is 6.89. The predicted molar refractivity (Wildman–Crippen MR) is 103 cm³/mol. The summed E-state index contributed by atoms with van der Waals surface area (Å²) in [6, 6.07) is 0. The molecule has 2 nitrogen and oxygen atoms in total. The largest absolute Gasteiger partial charge is 0.412 e. The van der Waals surface area contributed by atoms with Crippen LogP contribution in [0.15, 0.2) is 0 Å². The Bertz CT molecular complexity index is 446. The van der Waals surface area contributed by atoms with Crippen molar-refractivity contribution in [2.75, 3.05) is 0 Å². The van der Waals surface area contributed by atoms with Gasteiger partial charge in [-0.25, -0.2) is 0 Å². The lowest BCUT2D eigenvalue weighted by atomic mass is 9.34. The summed E-state index contributed by atoms with van der Waals surface area (Å²) in [6.45, 7) is 14.3. The second-order valence-electron chi connectivity index (χ2n) is 12.0. The lowest BCUT2D eigenvalue weighted by Gasteiger charge is -2.75. The molecule has 24 heavy (non-hydrogen) atoms. The van der Waals surface area contributed by atoms with Crippen LogP contribution in [-0.2, 0) is 8.85 Å². The fourth-order valence-electron chi connectivity index (χ4n) is 8.35. The van der Waals surface area contributed by atoms with Crippen molar-refractivity contribution in [1.29, 1.82) is 0 Å². The summed E-state index contributed by atoms with van der Waals surface area (Å²) in [4.78, 5) is 0. The molecule has 0 aliphatic heterocycles. The van der Waals surface area contributed by atoms with Gasteiger partial charge in [0.25, 0.3) is 0 Å². The number of hydrogen-bond acceptors (Lipinski definition) is 2. The van der Waals surface area contributed by atoms with Crippen molar-refractivity contribution in [1.82, 2.24) is 0 Å². The first-order valence-corrected chi connectivity index (χ1v) is 17.2. The lowest BCUT2D eigenvalue weighted by molar-refractivity contribution is -0.281. The molecule has 7 rings (SSSR count). The molecule has 0 heterocycles. The van der Waals surface area contributed by atoms with E-state index in [1.54, 1.807) is 0 Å². The highest BCUT2D eigenvalue weighted by molar-refractivity contribution is 6.70. The van der Waals surface area contributed by atoms with E-state index in [4.69, 9.17) is 8.85 Å². The van der Waals surface area contributed by atoms with Crippen molar-refractivity contribution in [2.45, 2.75) is 89.0 Å². The zero-order valence-corrected chi connectivity index (χ0v) is 18.5. The van der Waals surface area contributed by atoms with Gasteiger partial charge in [-0.2, -0.15) is 0 Å². The van der Waals surface area contributed by atoms with Crippen molar-refractivity contribution in [2.24, 2.45) is 35.5 Å². The van der Waals surface area contributed by atoms with E-state index in [2.05, 4.69) is 39.3 Å². The normalized spacial score (nSPS) is 54.8. The van der Waals surface area contributed by atoms with Gasteiger partial charge >= 0.3 is 0 Å². The molecule has 0 aromatic rings. The standard InChI is InChI=1S/C20H36O2Si2/c1-23(2,3)21-19-7-13-16-10-20(22-24(4,5)6)11-17(13)15(9-19)18(12-20)14(16)8-19/h13-18H,7-12H2,1-6H3. The van der Waals surface area contributed by atoms with Crippen molar-refractivity contribution in [3.63, 3.8) is 0 Å². The Morgan fingerprint density at radius 2 is 0.708 bits per heavy atom. The third-order valence-corrected chi connectivity index (χ3v) is 10.1. The second-order valence-corrected chi connectivity index (χ2v) is 20.9. The van der Waals surface area contributed by atoms with Crippen LogP contribution in [0.2, 0.25) is 39.3 Å². The average molecular weight is 365 g/mol. The predicted octanol–water partition coefficient (Wildman–Crippen LogP) is 5.27. The Hall–Kier alpha value is 0.354. The van der Waals surface area contributed by atoms with Crippen LogP contribution in [0.5, 0.6) is 0 Å². The highest BCUT2D eigenvalue weighted by Crippen LogP contribution is 2.74. The Kier molecular flexibility index (Phi) is 3.17. The first-order chi connectivity index (χ1) is 11.0. The SMILES string of the molecule is C[Si](C)(C)OC12CC3C4CC5(O[Si](C)(C)C)CC3C(C1)C(C5)C4C2. The average Bonchev–Trinajstić information content (AvgIpc) is 2.38. The summed E-state index contributed by atoms with van der Waals surface area (Å²) < 4.78 is 13.8. The maximum atomic E-state index is 6.89. The highest BCUT2D eigenvalue weighted by atomic mass is 28.4. The molecule has 8 bridgehead atoms. The zero-order valence-electron chi connectivity index (χ0n) is 16.5. The minimum absolute atomic E-state index is 0.283. The minimum atomic E-state index is -1.45. The first kappa shape index (κ1) is 16.5. The molecule has 0 radical (unpaired) electrons. The summed E-state index contributed by atoms with van der Waals surface area (Å²) >= 11 is 0. The molecule has 4 heteroatoms. The topological polar surface area (TPSA) is 18.5 Å². The summed E-state index contributed by atoms with van der Waals surface area (Å²) in [5, 5.41) is 0. The second kappa shape index (κ2) is 4.60. The molecule has 0 aromatic carbocycles.